The SMILES string of the molecule is CCNC(=O)c1ccc(CN=C(NCC)NCCN2CCCCC2)cc1.I. The number of nitrogens with one attached hydrogen (secondary N) is 3. The smallest absolute Gasteiger partial charge is 0.251 e. The molecule has 1 heterocycles. The van der Waals surface area contributed by atoms with Crippen LogP contribution in [0.5, 0.6) is 0 Å². The number of benzene rings is 1. The van der Waals surface area contributed by atoms with Crippen LogP contribution in [0.1, 0.15) is 49.0 Å². The Kier molecular flexibility index (Phi) is 12.1. The van der Waals surface area contributed by atoms with E-state index in [0.717, 1.165) is 31.2 Å². The first-order valence-corrected chi connectivity index (χ1v) is 9.84. The highest BCUT2D eigenvalue weighted by Gasteiger charge is 2.09. The third kappa shape index (κ3) is 8.92. The number of hydrogen-bond donors (Lipinski definition) is 3. The van der Waals surface area contributed by atoms with E-state index in [1.165, 1.54) is 32.4 Å². The number of likely N-dealkylation sites (tertiary alicyclic amines) is 1. The minimum atomic E-state index is -0.0322. The predicted octanol–water partition coefficient (Wildman–Crippen LogP) is 2.60. The molecule has 0 aliphatic carbocycles. The maximum atomic E-state index is 11.8. The van der Waals surface area contributed by atoms with Crippen molar-refractivity contribution in [2.45, 2.75) is 39.7 Å². The van der Waals surface area contributed by atoms with Crippen molar-refractivity contribution in [2.24, 2.45) is 4.99 Å². The quantitative estimate of drug-likeness (QED) is 0.300. The summed E-state index contributed by atoms with van der Waals surface area (Å²) < 4.78 is 0. The third-order valence-corrected chi connectivity index (χ3v) is 4.49. The summed E-state index contributed by atoms with van der Waals surface area (Å²) in [4.78, 5) is 19.0. The van der Waals surface area contributed by atoms with Crippen molar-refractivity contribution in [2.75, 3.05) is 39.3 Å². The van der Waals surface area contributed by atoms with Crippen LogP contribution in [0.4, 0.5) is 0 Å². The lowest BCUT2D eigenvalue weighted by molar-refractivity contribution is 0.0956. The lowest BCUT2D eigenvalue weighted by Gasteiger charge is -2.26. The van der Waals surface area contributed by atoms with Crippen LogP contribution in [-0.2, 0) is 6.54 Å². The topological polar surface area (TPSA) is 68.8 Å². The largest absolute Gasteiger partial charge is 0.357 e. The number of guanidine groups is 1. The Morgan fingerprint density at radius 3 is 2.30 bits per heavy atom. The number of amides is 1. The molecule has 2 rings (SSSR count). The van der Waals surface area contributed by atoms with Gasteiger partial charge in [-0.2, -0.15) is 0 Å². The predicted molar refractivity (Wildman–Crippen MR) is 123 cm³/mol. The van der Waals surface area contributed by atoms with Gasteiger partial charge in [0.1, 0.15) is 0 Å². The van der Waals surface area contributed by atoms with Crippen LogP contribution in [0, 0.1) is 0 Å². The second-order valence-corrected chi connectivity index (χ2v) is 6.58. The fraction of sp³-hybridized carbons (Fsp3) is 0.600. The van der Waals surface area contributed by atoms with Crippen LogP contribution < -0.4 is 16.0 Å². The number of aliphatic imine (C=N–C) groups is 1. The second-order valence-electron chi connectivity index (χ2n) is 6.58. The standard InChI is InChI=1S/C20H33N5O.HI/c1-3-21-19(26)18-10-8-17(9-11-18)16-24-20(22-4-2)23-12-15-25-13-6-5-7-14-25;/h8-11H,3-7,12-16H2,1-2H3,(H,21,26)(H2,22,23,24);1H. The molecule has 0 radical (unpaired) electrons. The molecule has 152 valence electrons. The van der Waals surface area contributed by atoms with Crippen LogP contribution in [0.3, 0.4) is 0 Å². The summed E-state index contributed by atoms with van der Waals surface area (Å²) >= 11 is 0. The van der Waals surface area contributed by atoms with Gasteiger partial charge in [0, 0.05) is 31.7 Å². The molecule has 1 fully saturated rings. The van der Waals surface area contributed by atoms with Crippen molar-refractivity contribution in [3.05, 3.63) is 35.4 Å². The van der Waals surface area contributed by atoms with Gasteiger partial charge in [0.05, 0.1) is 6.54 Å². The highest BCUT2D eigenvalue weighted by atomic mass is 127. The zero-order valence-corrected chi connectivity index (χ0v) is 18.9. The molecule has 0 spiro atoms. The Labute approximate surface area is 180 Å². The van der Waals surface area contributed by atoms with E-state index < -0.39 is 0 Å². The Morgan fingerprint density at radius 1 is 1.00 bits per heavy atom. The average molecular weight is 487 g/mol. The summed E-state index contributed by atoms with van der Waals surface area (Å²) in [7, 11) is 0. The van der Waals surface area contributed by atoms with Crippen molar-refractivity contribution in [3.63, 3.8) is 0 Å². The maximum absolute atomic E-state index is 11.8. The summed E-state index contributed by atoms with van der Waals surface area (Å²) in [5.74, 6) is 0.813. The van der Waals surface area contributed by atoms with Gasteiger partial charge < -0.3 is 20.9 Å². The van der Waals surface area contributed by atoms with Gasteiger partial charge in [-0.15, -0.1) is 24.0 Å². The zero-order valence-electron chi connectivity index (χ0n) is 16.6. The molecule has 1 saturated heterocycles. The molecule has 1 aliphatic rings. The van der Waals surface area contributed by atoms with Crippen LogP contribution in [-0.4, -0.2) is 56.0 Å². The molecule has 0 atom stereocenters. The van der Waals surface area contributed by atoms with Crippen LogP contribution in [0.2, 0.25) is 0 Å². The first-order chi connectivity index (χ1) is 12.7. The number of rotatable bonds is 8. The van der Waals surface area contributed by atoms with Gasteiger partial charge in [-0.05, 0) is 57.5 Å². The summed E-state index contributed by atoms with van der Waals surface area (Å²) in [5.41, 5.74) is 1.78. The molecule has 1 aromatic carbocycles. The van der Waals surface area contributed by atoms with E-state index in [4.69, 9.17) is 0 Å². The van der Waals surface area contributed by atoms with Crippen LogP contribution in [0.15, 0.2) is 29.3 Å². The number of piperidine rings is 1. The summed E-state index contributed by atoms with van der Waals surface area (Å²) in [6.07, 6.45) is 4.01. The first kappa shape index (κ1) is 23.7. The highest BCUT2D eigenvalue weighted by molar-refractivity contribution is 14.0. The maximum Gasteiger partial charge on any atom is 0.251 e. The highest BCUT2D eigenvalue weighted by Crippen LogP contribution is 2.07. The zero-order chi connectivity index (χ0) is 18.6. The molecule has 6 nitrogen and oxygen atoms in total. The Hall–Kier alpha value is -1.35. The van der Waals surface area contributed by atoms with E-state index in [1.54, 1.807) is 0 Å². The molecule has 0 saturated carbocycles. The number of nitrogens with zero attached hydrogens (tertiary/aromatic N) is 2. The van der Waals surface area contributed by atoms with Gasteiger partial charge in [0.25, 0.3) is 5.91 Å². The van der Waals surface area contributed by atoms with Crippen LogP contribution in [0.25, 0.3) is 0 Å². The normalized spacial score (nSPS) is 15.0. The molecule has 27 heavy (non-hydrogen) atoms. The van der Waals surface area contributed by atoms with E-state index >= 15 is 0 Å². The lowest BCUT2D eigenvalue weighted by Crippen LogP contribution is -2.42. The number of carbonyl (C=O) groups is 1. The van der Waals surface area contributed by atoms with Crippen molar-refractivity contribution in [1.82, 2.24) is 20.9 Å². The average Bonchev–Trinajstić information content (AvgIpc) is 2.67. The fourth-order valence-electron chi connectivity index (χ4n) is 3.05. The monoisotopic (exact) mass is 487 g/mol. The molecule has 7 heteroatoms. The van der Waals surface area contributed by atoms with E-state index in [9.17, 15) is 4.79 Å². The Bertz CT molecular complexity index is 570. The molecular weight excluding hydrogens is 453 g/mol. The van der Waals surface area contributed by atoms with Crippen LogP contribution >= 0.6 is 24.0 Å². The molecular formula is C20H34IN5O. The fourth-order valence-corrected chi connectivity index (χ4v) is 3.05. The minimum Gasteiger partial charge on any atom is -0.357 e. The van der Waals surface area contributed by atoms with Crippen molar-refractivity contribution < 1.29 is 4.79 Å². The van der Waals surface area contributed by atoms with Crippen molar-refractivity contribution in [1.29, 1.82) is 0 Å². The first-order valence-electron chi connectivity index (χ1n) is 9.84. The number of hydrogen-bond acceptors (Lipinski definition) is 3. The molecule has 1 aromatic rings. The van der Waals surface area contributed by atoms with Gasteiger partial charge in [0.15, 0.2) is 5.96 Å². The van der Waals surface area contributed by atoms with E-state index in [1.807, 2.05) is 31.2 Å². The molecule has 0 bridgehead atoms. The van der Waals surface area contributed by atoms with Gasteiger partial charge >= 0.3 is 0 Å². The summed E-state index contributed by atoms with van der Waals surface area (Å²) in [5, 5.41) is 9.52. The van der Waals surface area contributed by atoms with Gasteiger partial charge in [0.2, 0.25) is 0 Å². The summed E-state index contributed by atoms with van der Waals surface area (Å²) in [6, 6.07) is 7.63. The molecule has 0 aromatic heterocycles. The van der Waals surface area contributed by atoms with Gasteiger partial charge in [-0.3, -0.25) is 4.79 Å². The lowest BCUT2D eigenvalue weighted by atomic mass is 10.1. The number of carbonyl (C=O) groups excluding carboxylic acids is 1. The number of halogens is 1. The van der Waals surface area contributed by atoms with Crippen molar-refractivity contribution in [3.8, 4) is 0 Å². The van der Waals surface area contributed by atoms with E-state index in [2.05, 4.69) is 32.8 Å². The van der Waals surface area contributed by atoms with Gasteiger partial charge in [-0.1, -0.05) is 18.6 Å². The molecule has 0 unspecified atom stereocenters. The minimum absolute atomic E-state index is 0. The van der Waals surface area contributed by atoms with E-state index in [-0.39, 0.29) is 29.9 Å². The third-order valence-electron chi connectivity index (χ3n) is 4.49. The van der Waals surface area contributed by atoms with Crippen molar-refractivity contribution >= 4 is 35.8 Å². The Balaban J connectivity index is 0.00000364. The second kappa shape index (κ2) is 13.8. The van der Waals surface area contributed by atoms with Gasteiger partial charge in [-0.25, -0.2) is 4.99 Å². The Morgan fingerprint density at radius 2 is 1.67 bits per heavy atom. The molecule has 1 amide bonds. The molecule has 1 aliphatic heterocycles. The summed E-state index contributed by atoms with van der Waals surface area (Å²) in [6.45, 7) is 10.5. The van der Waals surface area contributed by atoms with E-state index in [0.29, 0.717) is 18.7 Å². The molecule has 3 N–H and O–H groups in total.